The van der Waals surface area contributed by atoms with Crippen LogP contribution >= 0.6 is 0 Å². The van der Waals surface area contributed by atoms with E-state index in [0.717, 1.165) is 0 Å². The van der Waals surface area contributed by atoms with Gasteiger partial charge in [0.2, 0.25) is 0 Å². The van der Waals surface area contributed by atoms with Crippen molar-refractivity contribution in [2.75, 3.05) is 0 Å². The first-order valence-electron chi connectivity index (χ1n) is 0. The molecule has 0 saturated heterocycles. The summed E-state index contributed by atoms with van der Waals surface area (Å²) in [6, 6.07) is 0. The molecule has 0 aliphatic heterocycles. The van der Waals surface area contributed by atoms with Crippen molar-refractivity contribution in [2.24, 2.45) is 0 Å². The topological polar surface area (TPSA) is 201 Å². The fourth-order valence-corrected chi connectivity index (χ4v) is 0. The van der Waals surface area contributed by atoms with Gasteiger partial charge in [-0.05, 0) is 0 Å². The maximum atomic E-state index is 0. The van der Waals surface area contributed by atoms with Gasteiger partial charge in [0.05, 0.1) is 0 Å². The van der Waals surface area contributed by atoms with E-state index in [1.54, 1.807) is 0 Å². The zero-order valence-corrected chi connectivity index (χ0v) is 13.2. The van der Waals surface area contributed by atoms with Gasteiger partial charge in [-0.15, -0.1) is 0 Å². The van der Waals surface area contributed by atoms with E-state index in [1.807, 2.05) is 0 Å². The smallest absolute Gasteiger partial charge is 1.00 e. The van der Waals surface area contributed by atoms with E-state index in [4.69, 9.17) is 0 Å². The molecule has 10 heavy (non-hydrogen) atoms. The van der Waals surface area contributed by atoms with E-state index in [2.05, 4.69) is 0 Å². The van der Waals surface area contributed by atoms with Crippen molar-refractivity contribution in [3.05, 3.63) is 36.9 Å². The summed E-state index contributed by atoms with van der Waals surface area (Å²) in [5.74, 6) is 0. The van der Waals surface area contributed by atoms with Crippen LogP contribution in [0.1, 0.15) is 0 Å². The predicted molar refractivity (Wildman–Crippen MR) is 31.7 cm³/mol. The van der Waals surface area contributed by atoms with Gasteiger partial charge in [0.1, 0.15) is 0 Å². The van der Waals surface area contributed by atoms with Gasteiger partial charge < -0.3 is 109 Å². The molecule has 0 amide bonds. The Kier molecular flexibility index (Phi) is 4970. The van der Waals surface area contributed by atoms with Gasteiger partial charge in [-0.3, -0.25) is 0 Å². The molecule has 1 radical (unpaired) electrons. The number of hydrogen-bond donors (Lipinski definition) is 0. The van der Waals surface area contributed by atoms with Crippen molar-refractivity contribution in [2.45, 2.75) is 0 Å². The molecule has 0 unspecified atom stereocenters. The minimum atomic E-state index is 0. The van der Waals surface area contributed by atoms with Crippen LogP contribution in [0.3, 0.4) is 0 Å². The van der Waals surface area contributed by atoms with E-state index < -0.39 is 0 Å². The Bertz CT molecular complexity index is 13.0. The van der Waals surface area contributed by atoms with Crippen LogP contribution in [0.15, 0.2) is 0 Å². The molecule has 0 aliphatic rings. The maximum Gasteiger partial charge on any atom is 3.00 e. The average Bonchev–Trinajstić information content (AvgIpc) is 0. The summed E-state index contributed by atoms with van der Waals surface area (Å²) in [4.78, 5) is 0. The largest absolute Gasteiger partial charge is 3.00 e. The van der Waals surface area contributed by atoms with Crippen LogP contribution in [0.2, 0.25) is 0 Å². The van der Waals surface area contributed by atoms with Crippen LogP contribution in [0.5, 0.6) is 0 Å². The predicted octanol–water partition coefficient (Wildman–Crippen LogP) is -4.69. The van der Waals surface area contributed by atoms with Crippen molar-refractivity contribution in [3.63, 3.8) is 0 Å². The molecule has 77 valence electrons. The van der Waals surface area contributed by atoms with Crippen LogP contribution in [0, 0.1) is 0 Å². The van der Waals surface area contributed by atoms with Crippen molar-refractivity contribution in [1.29, 1.82) is 0 Å². The molecule has 0 aromatic carbocycles. The molecule has 12 N–H and O–H groups in total. The van der Waals surface area contributed by atoms with Gasteiger partial charge in [0.15, 0.2) is 0 Å². The van der Waals surface area contributed by atoms with Crippen LogP contribution in [-0.4, -0.2) is 0 Å². The van der Waals surface area contributed by atoms with Gasteiger partial charge in [0, 0.05) is 0 Å². The van der Waals surface area contributed by atoms with Crippen molar-refractivity contribution in [1.82, 2.24) is 0 Å². The van der Waals surface area contributed by atoms with E-state index in [9.17, 15) is 0 Å². The van der Waals surface area contributed by atoms with Crippen LogP contribution in [0.4, 0.5) is 0 Å². The summed E-state index contributed by atoms with van der Waals surface area (Å²) in [6.45, 7) is 0. The SMILES string of the molecule is [I-].[I-].[I-].[NH2-].[NH2-].[NH2-].[NH2-].[NH2-].[NH2-].[Ru+3]. The number of nitrogens with two attached hydrogens (primary N) is 6. The standard InChI is InChI=1S/3HI.6H2N.Ru/h3*1H;6*1H2;/q;;;6*-1;+3/p-3. The molecule has 0 heterocycles. The Balaban J connectivity index is 0. The summed E-state index contributed by atoms with van der Waals surface area (Å²) in [5, 5.41) is 0. The number of halogens is 3. The Labute approximate surface area is 126 Å². The number of rotatable bonds is 0. The first-order chi connectivity index (χ1) is 0. The zero-order valence-electron chi connectivity index (χ0n) is 4.95. The molecule has 0 aromatic rings. The average molecular weight is 578 g/mol. The van der Waals surface area contributed by atoms with Crippen molar-refractivity contribution < 1.29 is 91.4 Å². The van der Waals surface area contributed by atoms with E-state index in [1.165, 1.54) is 0 Å². The second-order valence-corrected chi connectivity index (χ2v) is 0. The second-order valence-electron chi connectivity index (χ2n) is 0. The molecule has 0 saturated carbocycles. The summed E-state index contributed by atoms with van der Waals surface area (Å²) < 4.78 is 0. The van der Waals surface area contributed by atoms with Gasteiger partial charge in [-0.25, -0.2) is 0 Å². The second kappa shape index (κ2) is 195. The van der Waals surface area contributed by atoms with Gasteiger partial charge in [-0.2, -0.15) is 0 Å². The van der Waals surface area contributed by atoms with E-state index >= 15 is 0 Å². The Morgan fingerprint density at radius 1 is 0.300 bits per heavy atom. The molecule has 0 fully saturated rings. The molecule has 0 bridgehead atoms. The fraction of sp³-hybridized carbons (Fsp3) is 0. The van der Waals surface area contributed by atoms with Crippen molar-refractivity contribution >= 4 is 0 Å². The van der Waals surface area contributed by atoms with Crippen molar-refractivity contribution in [3.8, 4) is 0 Å². The molecule has 10 heteroatoms. The summed E-state index contributed by atoms with van der Waals surface area (Å²) >= 11 is 0. The summed E-state index contributed by atoms with van der Waals surface area (Å²) in [7, 11) is 0. The maximum absolute atomic E-state index is 0. The molecule has 0 aromatic heterocycles. The monoisotopic (exact) mass is 579 g/mol. The third-order valence-corrected chi connectivity index (χ3v) is 0. The van der Waals surface area contributed by atoms with Crippen LogP contribution < -0.4 is 71.9 Å². The Morgan fingerprint density at radius 2 is 0.300 bits per heavy atom. The van der Waals surface area contributed by atoms with E-state index in [-0.39, 0.29) is 128 Å². The van der Waals surface area contributed by atoms with Crippen LogP contribution in [0.25, 0.3) is 36.9 Å². The summed E-state index contributed by atoms with van der Waals surface area (Å²) in [6.07, 6.45) is 0. The molecular formula is H12I3N6Ru-6. The van der Waals surface area contributed by atoms with Gasteiger partial charge >= 0.3 is 19.5 Å². The summed E-state index contributed by atoms with van der Waals surface area (Å²) in [5.41, 5.74) is 0. The molecule has 0 spiro atoms. The molecule has 0 aliphatic carbocycles. The first kappa shape index (κ1) is 254. The Morgan fingerprint density at radius 3 is 0.300 bits per heavy atom. The Hall–Kier alpha value is 2.57. The molecule has 0 atom stereocenters. The molecule has 6 nitrogen and oxygen atoms in total. The fourth-order valence-electron chi connectivity index (χ4n) is 0. The minimum Gasteiger partial charge on any atom is -1.00 e. The molecular weight excluding hydrogens is 566 g/mol. The quantitative estimate of drug-likeness (QED) is 0.197. The zero-order chi connectivity index (χ0) is 0. The van der Waals surface area contributed by atoms with E-state index in [0.29, 0.717) is 0 Å². The number of hydrogen-bond acceptors (Lipinski definition) is 0. The minimum absolute atomic E-state index is 0. The van der Waals surface area contributed by atoms with Gasteiger partial charge in [-0.1, -0.05) is 0 Å². The van der Waals surface area contributed by atoms with Crippen LogP contribution in [-0.2, 0) is 19.5 Å². The molecule has 0 rings (SSSR count). The first-order valence-corrected chi connectivity index (χ1v) is 0. The third kappa shape index (κ3) is 146. The normalized spacial score (nSPS) is 0. The third-order valence-electron chi connectivity index (χ3n) is 0. The van der Waals surface area contributed by atoms with Gasteiger partial charge in [0.25, 0.3) is 0 Å².